The van der Waals surface area contributed by atoms with E-state index in [9.17, 15) is 12.8 Å². The zero-order valence-corrected chi connectivity index (χ0v) is 10.6. The molecule has 0 aliphatic heterocycles. The number of nitrogens with one attached hydrogen (secondary N) is 2. The molecule has 0 unspecified atom stereocenters. The van der Waals surface area contributed by atoms with Gasteiger partial charge in [-0.05, 0) is 17.7 Å². The van der Waals surface area contributed by atoms with Gasteiger partial charge in [0.2, 0.25) is 10.0 Å². The Kier molecular flexibility index (Phi) is 3.93. The molecule has 0 amide bonds. The normalized spacial score (nSPS) is 11.7. The monoisotopic (exact) mass is 285 g/mol. The van der Waals surface area contributed by atoms with Crippen molar-refractivity contribution in [3.05, 3.63) is 47.5 Å². The van der Waals surface area contributed by atoms with E-state index in [2.05, 4.69) is 14.9 Å². The number of sulfonamides is 1. The summed E-state index contributed by atoms with van der Waals surface area (Å²) in [7, 11) is -3.98. The van der Waals surface area contributed by atoms with Crippen LogP contribution in [0.15, 0.2) is 35.5 Å². The minimum Gasteiger partial charge on any atom is -0.392 e. The van der Waals surface area contributed by atoms with Crippen LogP contribution in [0.4, 0.5) is 4.39 Å². The number of aromatic amines is 1. The lowest BCUT2D eigenvalue weighted by Gasteiger charge is -2.08. The predicted molar refractivity (Wildman–Crippen MR) is 64.9 cm³/mol. The Morgan fingerprint density at radius 1 is 1.37 bits per heavy atom. The molecule has 0 radical (unpaired) electrons. The SMILES string of the molecule is O=S(=O)(NCc1cn[nH]c1)c1cc(CO)ccc1F. The quantitative estimate of drug-likeness (QED) is 0.746. The van der Waals surface area contributed by atoms with Crippen molar-refractivity contribution in [2.75, 3.05) is 0 Å². The van der Waals surface area contributed by atoms with Gasteiger partial charge < -0.3 is 5.11 Å². The van der Waals surface area contributed by atoms with Gasteiger partial charge in [0.15, 0.2) is 0 Å². The van der Waals surface area contributed by atoms with Crippen LogP contribution in [0.3, 0.4) is 0 Å². The van der Waals surface area contributed by atoms with E-state index in [0.29, 0.717) is 11.1 Å². The van der Waals surface area contributed by atoms with Crippen molar-refractivity contribution in [1.29, 1.82) is 0 Å². The van der Waals surface area contributed by atoms with Crippen LogP contribution in [0, 0.1) is 5.82 Å². The molecule has 0 bridgehead atoms. The first kappa shape index (κ1) is 13.7. The van der Waals surface area contributed by atoms with Gasteiger partial charge in [-0.2, -0.15) is 5.10 Å². The summed E-state index contributed by atoms with van der Waals surface area (Å²) in [6, 6.07) is 3.44. The maximum Gasteiger partial charge on any atom is 0.243 e. The van der Waals surface area contributed by atoms with Crippen molar-refractivity contribution in [3.8, 4) is 0 Å². The van der Waals surface area contributed by atoms with Crippen LogP contribution in [-0.2, 0) is 23.2 Å². The molecule has 0 saturated carbocycles. The Morgan fingerprint density at radius 3 is 2.79 bits per heavy atom. The highest BCUT2D eigenvalue weighted by atomic mass is 32.2. The average molecular weight is 285 g/mol. The van der Waals surface area contributed by atoms with E-state index >= 15 is 0 Å². The molecule has 3 N–H and O–H groups in total. The van der Waals surface area contributed by atoms with Crippen molar-refractivity contribution in [3.63, 3.8) is 0 Å². The molecule has 0 spiro atoms. The van der Waals surface area contributed by atoms with Crippen LogP contribution in [0.2, 0.25) is 0 Å². The summed E-state index contributed by atoms with van der Waals surface area (Å²) in [5, 5.41) is 15.2. The van der Waals surface area contributed by atoms with Gasteiger partial charge >= 0.3 is 0 Å². The Bertz CT molecular complexity index is 656. The fraction of sp³-hybridized carbons (Fsp3) is 0.182. The molecule has 0 saturated heterocycles. The molecular weight excluding hydrogens is 273 g/mol. The van der Waals surface area contributed by atoms with Gasteiger partial charge in [-0.3, -0.25) is 5.10 Å². The molecule has 2 rings (SSSR count). The standard InChI is InChI=1S/C11H12FN3O3S/c12-10-2-1-8(7-16)3-11(10)19(17,18)15-6-9-4-13-14-5-9/h1-5,15-16H,6-7H2,(H,13,14). The lowest BCUT2D eigenvalue weighted by Crippen LogP contribution is -2.24. The summed E-state index contributed by atoms with van der Waals surface area (Å²) in [4.78, 5) is -0.484. The molecule has 2 aromatic rings. The van der Waals surface area contributed by atoms with E-state index in [1.165, 1.54) is 18.5 Å². The Labute approximate surface area is 109 Å². The van der Waals surface area contributed by atoms with E-state index < -0.39 is 20.7 Å². The zero-order valence-electron chi connectivity index (χ0n) is 9.80. The number of benzene rings is 1. The molecule has 8 heteroatoms. The van der Waals surface area contributed by atoms with Crippen LogP contribution < -0.4 is 4.72 Å². The zero-order chi connectivity index (χ0) is 13.9. The topological polar surface area (TPSA) is 95.1 Å². The smallest absolute Gasteiger partial charge is 0.243 e. The van der Waals surface area contributed by atoms with E-state index in [1.807, 2.05) is 0 Å². The second-order valence-electron chi connectivity index (χ2n) is 3.85. The summed E-state index contributed by atoms with van der Waals surface area (Å²) in [6.07, 6.45) is 2.99. The minimum atomic E-state index is -3.98. The highest BCUT2D eigenvalue weighted by molar-refractivity contribution is 7.89. The number of hydrogen-bond acceptors (Lipinski definition) is 4. The first-order valence-electron chi connectivity index (χ1n) is 5.39. The molecule has 1 aromatic carbocycles. The van der Waals surface area contributed by atoms with Gasteiger partial charge in [0.25, 0.3) is 0 Å². The minimum absolute atomic E-state index is 0.00161. The Hall–Kier alpha value is -1.77. The van der Waals surface area contributed by atoms with Crippen LogP contribution in [0.25, 0.3) is 0 Å². The number of hydrogen-bond donors (Lipinski definition) is 3. The highest BCUT2D eigenvalue weighted by Crippen LogP contribution is 2.16. The second kappa shape index (κ2) is 5.47. The Morgan fingerprint density at radius 2 is 2.16 bits per heavy atom. The third kappa shape index (κ3) is 3.16. The van der Waals surface area contributed by atoms with Gasteiger partial charge in [0.05, 0.1) is 12.8 Å². The maximum atomic E-state index is 13.5. The summed E-state index contributed by atoms with van der Waals surface area (Å²) in [6.45, 7) is -0.355. The molecule has 6 nitrogen and oxygen atoms in total. The fourth-order valence-electron chi connectivity index (χ4n) is 1.48. The lowest BCUT2D eigenvalue weighted by atomic mass is 10.2. The predicted octanol–water partition coefficient (Wildman–Crippen LogP) is 0.520. The van der Waals surface area contributed by atoms with Gasteiger partial charge in [-0.25, -0.2) is 17.5 Å². The van der Waals surface area contributed by atoms with E-state index in [-0.39, 0.29) is 13.2 Å². The molecule has 0 aliphatic carbocycles. The van der Waals surface area contributed by atoms with E-state index in [0.717, 1.165) is 12.1 Å². The molecule has 1 heterocycles. The van der Waals surface area contributed by atoms with Gasteiger partial charge in [0.1, 0.15) is 10.7 Å². The van der Waals surface area contributed by atoms with Crippen molar-refractivity contribution in [1.82, 2.24) is 14.9 Å². The number of nitrogens with zero attached hydrogens (tertiary/aromatic N) is 1. The number of rotatable bonds is 5. The highest BCUT2D eigenvalue weighted by Gasteiger charge is 2.19. The number of H-pyrrole nitrogens is 1. The molecule has 1 aromatic heterocycles. The third-order valence-electron chi connectivity index (χ3n) is 2.49. The van der Waals surface area contributed by atoms with Crippen molar-refractivity contribution >= 4 is 10.0 Å². The van der Waals surface area contributed by atoms with Gasteiger partial charge in [-0.1, -0.05) is 6.07 Å². The molecule has 0 fully saturated rings. The van der Waals surface area contributed by atoms with Crippen LogP contribution in [0.5, 0.6) is 0 Å². The largest absolute Gasteiger partial charge is 0.392 e. The summed E-state index contributed by atoms with van der Waals surface area (Å²) >= 11 is 0. The number of aliphatic hydroxyl groups excluding tert-OH is 1. The molecule has 0 aliphatic rings. The molecule has 102 valence electrons. The number of aliphatic hydroxyl groups is 1. The van der Waals surface area contributed by atoms with Crippen LogP contribution >= 0.6 is 0 Å². The molecular formula is C11H12FN3O3S. The number of halogens is 1. The molecule has 0 atom stereocenters. The first-order chi connectivity index (χ1) is 9.03. The van der Waals surface area contributed by atoms with Crippen molar-refractivity contribution in [2.45, 2.75) is 18.0 Å². The van der Waals surface area contributed by atoms with Crippen LogP contribution in [0.1, 0.15) is 11.1 Å². The second-order valence-corrected chi connectivity index (χ2v) is 5.59. The summed E-state index contributed by atoms with van der Waals surface area (Å²) in [5.41, 5.74) is 0.951. The first-order valence-corrected chi connectivity index (χ1v) is 6.88. The fourth-order valence-corrected chi connectivity index (χ4v) is 2.63. The Balaban J connectivity index is 2.23. The summed E-state index contributed by atoms with van der Waals surface area (Å²) in [5.74, 6) is -0.864. The van der Waals surface area contributed by atoms with Crippen molar-refractivity contribution in [2.24, 2.45) is 0 Å². The van der Waals surface area contributed by atoms with Crippen molar-refractivity contribution < 1.29 is 17.9 Å². The lowest BCUT2D eigenvalue weighted by molar-refractivity contribution is 0.281. The average Bonchev–Trinajstić information content (AvgIpc) is 2.90. The summed E-state index contributed by atoms with van der Waals surface area (Å²) < 4.78 is 39.7. The third-order valence-corrected chi connectivity index (χ3v) is 3.91. The van der Waals surface area contributed by atoms with Gasteiger partial charge in [-0.15, -0.1) is 0 Å². The number of aromatic nitrogens is 2. The van der Waals surface area contributed by atoms with Gasteiger partial charge in [0, 0.05) is 18.3 Å². The molecule has 19 heavy (non-hydrogen) atoms. The van der Waals surface area contributed by atoms with Crippen LogP contribution in [-0.4, -0.2) is 23.7 Å². The van der Waals surface area contributed by atoms with E-state index in [4.69, 9.17) is 5.11 Å². The van der Waals surface area contributed by atoms with E-state index in [1.54, 1.807) is 0 Å². The maximum absolute atomic E-state index is 13.5.